The standard InChI is InChI=1S/C7H12F2O4S/c1-2-3-4-6(10)13-5-7(8,9)14(11)12/h2-5H2,1H3,(H,11,12)/p-1. The number of rotatable bonds is 6. The van der Waals surface area contributed by atoms with Gasteiger partial charge in [-0.2, -0.15) is 8.78 Å². The molecule has 1 unspecified atom stereocenters. The molecule has 0 saturated carbocycles. The Morgan fingerprint density at radius 1 is 1.57 bits per heavy atom. The van der Waals surface area contributed by atoms with E-state index in [1.807, 2.05) is 6.92 Å². The van der Waals surface area contributed by atoms with E-state index in [1.54, 1.807) is 0 Å². The predicted octanol–water partition coefficient (Wildman–Crippen LogP) is 1.19. The molecule has 0 N–H and O–H groups in total. The SMILES string of the molecule is CCCCC(=O)OCC(F)(F)S(=O)[O-]. The molecule has 0 aromatic carbocycles. The van der Waals surface area contributed by atoms with E-state index in [0.717, 1.165) is 6.42 Å². The largest absolute Gasteiger partial charge is 0.768 e. The average molecular weight is 229 g/mol. The summed E-state index contributed by atoms with van der Waals surface area (Å²) in [6.45, 7) is 0.417. The van der Waals surface area contributed by atoms with Gasteiger partial charge in [0, 0.05) is 17.5 Å². The molecule has 0 heterocycles. The van der Waals surface area contributed by atoms with Crippen LogP contribution >= 0.6 is 0 Å². The van der Waals surface area contributed by atoms with Gasteiger partial charge >= 0.3 is 11.2 Å². The molecule has 0 radical (unpaired) electrons. The van der Waals surface area contributed by atoms with E-state index in [2.05, 4.69) is 4.74 Å². The van der Waals surface area contributed by atoms with Crippen LogP contribution in [-0.2, 0) is 20.6 Å². The smallest absolute Gasteiger partial charge is 0.342 e. The van der Waals surface area contributed by atoms with Gasteiger partial charge < -0.3 is 9.29 Å². The molecule has 0 rings (SSSR count). The molecular formula is C7H11F2O4S-. The molecule has 0 fully saturated rings. The Kier molecular flexibility index (Phi) is 5.78. The van der Waals surface area contributed by atoms with E-state index in [1.165, 1.54) is 0 Å². The van der Waals surface area contributed by atoms with Crippen LogP contribution < -0.4 is 0 Å². The van der Waals surface area contributed by atoms with Gasteiger partial charge in [0.25, 0.3) is 0 Å². The van der Waals surface area contributed by atoms with Crippen molar-refractivity contribution in [3.05, 3.63) is 0 Å². The van der Waals surface area contributed by atoms with Crippen molar-refractivity contribution in [2.75, 3.05) is 6.61 Å². The Balaban J connectivity index is 3.82. The normalized spacial score (nSPS) is 13.7. The summed E-state index contributed by atoms with van der Waals surface area (Å²) in [6.07, 6.45) is 1.29. The van der Waals surface area contributed by atoms with Gasteiger partial charge in [0.05, 0.1) is 0 Å². The zero-order valence-corrected chi connectivity index (χ0v) is 8.44. The van der Waals surface area contributed by atoms with Gasteiger partial charge in [-0.15, -0.1) is 0 Å². The minimum absolute atomic E-state index is 0.0259. The molecule has 0 aliphatic carbocycles. The molecule has 1 atom stereocenters. The van der Waals surface area contributed by atoms with Gasteiger partial charge in [-0.05, 0) is 6.42 Å². The number of esters is 1. The predicted molar refractivity (Wildman–Crippen MR) is 44.4 cm³/mol. The highest BCUT2D eigenvalue weighted by atomic mass is 32.2. The lowest BCUT2D eigenvalue weighted by atomic mass is 10.2. The Labute approximate surface area is 82.9 Å². The minimum atomic E-state index is -4.00. The molecule has 0 aromatic rings. The molecule has 0 spiro atoms. The Bertz CT molecular complexity index is 220. The number of hydrogen-bond acceptors (Lipinski definition) is 4. The van der Waals surface area contributed by atoms with Gasteiger partial charge in [0.2, 0.25) is 0 Å². The molecule has 0 aromatic heterocycles. The van der Waals surface area contributed by atoms with Gasteiger partial charge in [-0.1, -0.05) is 13.3 Å². The van der Waals surface area contributed by atoms with Crippen molar-refractivity contribution < 1.29 is 27.1 Å². The quantitative estimate of drug-likeness (QED) is 0.507. The van der Waals surface area contributed by atoms with Crippen LogP contribution in [0.5, 0.6) is 0 Å². The molecule has 0 amide bonds. The highest BCUT2D eigenvalue weighted by molar-refractivity contribution is 7.80. The van der Waals surface area contributed by atoms with E-state index in [9.17, 15) is 22.3 Å². The first-order chi connectivity index (χ1) is 6.40. The number of carbonyl (C=O) groups excluding carboxylic acids is 1. The lowest BCUT2D eigenvalue weighted by Gasteiger charge is -2.18. The highest BCUT2D eigenvalue weighted by Crippen LogP contribution is 2.17. The summed E-state index contributed by atoms with van der Waals surface area (Å²) < 4.78 is 48.6. The molecule has 0 aliphatic heterocycles. The lowest BCUT2D eigenvalue weighted by Crippen LogP contribution is -2.30. The maximum atomic E-state index is 12.3. The van der Waals surface area contributed by atoms with Crippen LogP contribution in [0.25, 0.3) is 0 Å². The van der Waals surface area contributed by atoms with Crippen molar-refractivity contribution in [3.63, 3.8) is 0 Å². The number of hydrogen-bond donors (Lipinski definition) is 0. The van der Waals surface area contributed by atoms with E-state index in [-0.39, 0.29) is 6.42 Å². The summed E-state index contributed by atoms with van der Waals surface area (Å²) in [7, 11) is 0. The molecule has 0 bridgehead atoms. The Morgan fingerprint density at radius 3 is 2.57 bits per heavy atom. The van der Waals surface area contributed by atoms with Crippen molar-refractivity contribution >= 4 is 17.0 Å². The second kappa shape index (κ2) is 6.02. The molecule has 84 valence electrons. The van der Waals surface area contributed by atoms with E-state index >= 15 is 0 Å². The van der Waals surface area contributed by atoms with Gasteiger partial charge in [0.1, 0.15) is 0 Å². The van der Waals surface area contributed by atoms with Crippen molar-refractivity contribution in [1.82, 2.24) is 0 Å². The zero-order chi connectivity index (χ0) is 11.2. The third-order valence-electron chi connectivity index (χ3n) is 1.38. The van der Waals surface area contributed by atoms with E-state index in [0.29, 0.717) is 6.42 Å². The first-order valence-electron chi connectivity index (χ1n) is 4.03. The monoisotopic (exact) mass is 229 g/mol. The second-order valence-corrected chi connectivity index (χ2v) is 3.70. The molecular weight excluding hydrogens is 218 g/mol. The number of carbonyl (C=O) groups is 1. The van der Waals surface area contributed by atoms with Gasteiger partial charge in [-0.3, -0.25) is 9.00 Å². The van der Waals surface area contributed by atoms with Gasteiger partial charge in [0.15, 0.2) is 6.61 Å². The molecule has 14 heavy (non-hydrogen) atoms. The van der Waals surface area contributed by atoms with Crippen LogP contribution in [0, 0.1) is 0 Å². The summed E-state index contributed by atoms with van der Waals surface area (Å²) in [5.41, 5.74) is 0. The van der Waals surface area contributed by atoms with Crippen LogP contribution in [0.4, 0.5) is 8.78 Å². The van der Waals surface area contributed by atoms with Gasteiger partial charge in [-0.25, -0.2) is 0 Å². The zero-order valence-electron chi connectivity index (χ0n) is 7.63. The van der Waals surface area contributed by atoms with Crippen LogP contribution in [0.1, 0.15) is 26.2 Å². The number of alkyl halides is 2. The Hall–Kier alpha value is -0.560. The molecule has 0 aliphatic rings. The fourth-order valence-corrected chi connectivity index (χ4v) is 0.761. The lowest BCUT2D eigenvalue weighted by molar-refractivity contribution is -0.149. The molecule has 4 nitrogen and oxygen atoms in total. The maximum absolute atomic E-state index is 12.3. The van der Waals surface area contributed by atoms with Crippen molar-refractivity contribution in [2.24, 2.45) is 0 Å². The van der Waals surface area contributed by atoms with Crippen LogP contribution in [0.15, 0.2) is 0 Å². The molecule has 7 heteroatoms. The third-order valence-corrected chi connectivity index (χ3v) is 1.99. The molecule has 0 saturated heterocycles. The van der Waals surface area contributed by atoms with Crippen LogP contribution in [0.3, 0.4) is 0 Å². The highest BCUT2D eigenvalue weighted by Gasteiger charge is 2.32. The average Bonchev–Trinajstić information content (AvgIpc) is 2.11. The van der Waals surface area contributed by atoms with E-state index in [4.69, 9.17) is 0 Å². The van der Waals surface area contributed by atoms with Crippen LogP contribution in [0.2, 0.25) is 0 Å². The Morgan fingerprint density at radius 2 is 2.14 bits per heavy atom. The van der Waals surface area contributed by atoms with Crippen molar-refractivity contribution in [1.29, 1.82) is 0 Å². The minimum Gasteiger partial charge on any atom is -0.768 e. The third kappa shape index (κ3) is 5.23. The summed E-state index contributed by atoms with van der Waals surface area (Å²) in [5.74, 6) is -0.808. The number of halogens is 2. The van der Waals surface area contributed by atoms with Crippen molar-refractivity contribution in [2.45, 2.75) is 31.4 Å². The number of ether oxygens (including phenoxy) is 1. The van der Waals surface area contributed by atoms with E-state index < -0.39 is 28.9 Å². The summed E-state index contributed by atoms with van der Waals surface area (Å²) in [5, 5.41) is -4.00. The first kappa shape index (κ1) is 13.4. The topological polar surface area (TPSA) is 66.4 Å². The summed E-state index contributed by atoms with van der Waals surface area (Å²) in [6, 6.07) is 0. The summed E-state index contributed by atoms with van der Waals surface area (Å²) in [4.78, 5) is 10.7. The first-order valence-corrected chi connectivity index (χ1v) is 5.10. The fraction of sp³-hybridized carbons (Fsp3) is 0.857. The fourth-order valence-electron chi connectivity index (χ4n) is 0.606. The maximum Gasteiger partial charge on any atom is 0.342 e. The van der Waals surface area contributed by atoms with Crippen molar-refractivity contribution in [3.8, 4) is 0 Å². The van der Waals surface area contributed by atoms with Crippen LogP contribution in [-0.4, -0.2) is 26.6 Å². The number of unbranched alkanes of at least 4 members (excludes halogenated alkanes) is 1. The summed E-state index contributed by atoms with van der Waals surface area (Å²) >= 11 is -3.56. The second-order valence-electron chi connectivity index (χ2n) is 2.64.